The summed E-state index contributed by atoms with van der Waals surface area (Å²) in [5, 5.41) is 10.7. The molecule has 6 N–H and O–H groups in total. The van der Waals surface area contributed by atoms with E-state index in [-0.39, 0.29) is 17.9 Å². The molecule has 36 heavy (non-hydrogen) atoms. The van der Waals surface area contributed by atoms with E-state index in [9.17, 15) is 13.6 Å². The van der Waals surface area contributed by atoms with Crippen LogP contribution in [-0.2, 0) is 11.3 Å². The first-order valence-electron chi connectivity index (χ1n) is 11.9. The van der Waals surface area contributed by atoms with Crippen molar-refractivity contribution in [2.24, 2.45) is 5.73 Å². The number of hydrogen-bond acceptors (Lipinski definition) is 4. The summed E-state index contributed by atoms with van der Waals surface area (Å²) in [6.45, 7) is 0. The molecule has 1 aliphatic carbocycles. The largest absolute Gasteiger partial charge is 0.384 e. The number of nitrogens with one attached hydrogen (secondary N) is 3. The molecule has 1 atom stereocenters. The molecule has 2 amide bonds. The molecule has 0 radical (unpaired) electrons. The second-order valence-electron chi connectivity index (χ2n) is 8.74. The maximum Gasteiger partial charge on any atom is 0.327 e. The fourth-order valence-corrected chi connectivity index (χ4v) is 4.91. The number of amidine groups is 1. The Bertz CT molecular complexity index is 1240. The Hall–Kier alpha value is -3.76. The van der Waals surface area contributed by atoms with Crippen LogP contribution in [0.2, 0.25) is 0 Å². The summed E-state index contributed by atoms with van der Waals surface area (Å²) in [7, 11) is 0. The fourth-order valence-electron chi connectivity index (χ4n) is 4.55. The second-order valence-corrected chi connectivity index (χ2v) is 9.44. The number of carbonyl (C=O) groups is 1. The van der Waals surface area contributed by atoms with E-state index < -0.39 is 11.3 Å². The summed E-state index contributed by atoms with van der Waals surface area (Å²) in [5.41, 5.74) is 8.92. The lowest BCUT2D eigenvalue weighted by Crippen LogP contribution is -2.43. The van der Waals surface area contributed by atoms with Crippen LogP contribution in [0.3, 0.4) is 0 Å². The number of hydrogen-bond donors (Lipinski definition) is 5. The molecule has 9 nitrogen and oxygen atoms in total. The van der Waals surface area contributed by atoms with Crippen molar-refractivity contribution in [2.75, 3.05) is 14.9 Å². The number of rotatable bonds is 7. The van der Waals surface area contributed by atoms with Crippen molar-refractivity contribution in [2.45, 2.75) is 44.6 Å². The van der Waals surface area contributed by atoms with Crippen LogP contribution in [0.4, 0.5) is 22.0 Å². The van der Waals surface area contributed by atoms with Crippen molar-refractivity contribution in [3.63, 3.8) is 0 Å². The number of carbonyl (C=O) groups excluding carboxylic acids is 1. The highest BCUT2D eigenvalue weighted by molar-refractivity contribution is 7.80. The van der Waals surface area contributed by atoms with E-state index in [1.807, 2.05) is 18.2 Å². The van der Waals surface area contributed by atoms with Gasteiger partial charge in [0.05, 0.1) is 5.69 Å². The minimum Gasteiger partial charge on any atom is -0.384 e. The molecule has 10 heteroatoms. The van der Waals surface area contributed by atoms with Crippen LogP contribution in [-0.4, -0.2) is 31.7 Å². The standard InChI is InChI=1S/C26H30N6O3S/c27-25(28)18-8-7-11-21(16-18)32(20-9-3-1-2-4-10-20)26(33)30-24-15-14-19(17-29-24)22-12-5-6-13-23(22)31-36(34)35/h5-8,11-17,20,31H,1-4,9-10H2,(H3,27,28)(H,34,35)(H,29,30,33). The van der Waals surface area contributed by atoms with E-state index in [2.05, 4.69) is 15.0 Å². The Balaban J connectivity index is 1.58. The third-order valence-corrected chi connectivity index (χ3v) is 6.67. The minimum absolute atomic E-state index is 0.0336. The molecular formula is C26H30N6O3S. The molecule has 0 spiro atoms. The van der Waals surface area contributed by atoms with Gasteiger partial charge in [-0.05, 0) is 43.2 Å². The number of anilines is 3. The summed E-state index contributed by atoms with van der Waals surface area (Å²) in [6, 6.07) is 17.6. The van der Waals surface area contributed by atoms with E-state index in [0.717, 1.165) is 44.1 Å². The zero-order valence-electron chi connectivity index (χ0n) is 19.8. The predicted octanol–water partition coefficient (Wildman–Crippen LogP) is 5.34. The Morgan fingerprint density at radius 3 is 2.47 bits per heavy atom. The third-order valence-electron chi connectivity index (χ3n) is 6.28. The maximum absolute atomic E-state index is 13.6. The van der Waals surface area contributed by atoms with Crippen LogP contribution >= 0.6 is 0 Å². The summed E-state index contributed by atoms with van der Waals surface area (Å²) in [5.74, 6) is 0.344. The highest BCUT2D eigenvalue weighted by Gasteiger charge is 2.27. The third kappa shape index (κ3) is 6.27. The van der Waals surface area contributed by atoms with Gasteiger partial charge >= 0.3 is 6.03 Å². The van der Waals surface area contributed by atoms with Gasteiger partial charge in [0.25, 0.3) is 11.3 Å². The molecule has 1 unspecified atom stereocenters. The van der Waals surface area contributed by atoms with Crippen LogP contribution in [0.25, 0.3) is 11.1 Å². The Morgan fingerprint density at radius 2 is 1.81 bits per heavy atom. The average molecular weight is 507 g/mol. The van der Waals surface area contributed by atoms with Gasteiger partial charge in [0.15, 0.2) is 0 Å². The van der Waals surface area contributed by atoms with E-state index in [1.165, 1.54) is 0 Å². The SMILES string of the molecule is N=C(N)c1cccc(N(C(=O)Nc2ccc(-c3ccccc3NS(=O)O)cn2)C2CCCCCC2)c1. The highest BCUT2D eigenvalue weighted by Crippen LogP contribution is 2.30. The first kappa shape index (κ1) is 25.3. The summed E-state index contributed by atoms with van der Waals surface area (Å²) < 4.78 is 23.0. The number of benzene rings is 2. The molecule has 3 aromatic rings. The van der Waals surface area contributed by atoms with Crippen LogP contribution < -0.4 is 20.7 Å². The molecule has 1 aromatic heterocycles. The average Bonchev–Trinajstić information content (AvgIpc) is 3.14. The van der Waals surface area contributed by atoms with Gasteiger partial charge < -0.3 is 5.73 Å². The highest BCUT2D eigenvalue weighted by atomic mass is 32.2. The topological polar surface area (TPSA) is 144 Å². The second kappa shape index (κ2) is 11.8. The smallest absolute Gasteiger partial charge is 0.327 e. The molecule has 0 saturated heterocycles. The molecule has 2 aromatic carbocycles. The van der Waals surface area contributed by atoms with Crippen molar-refractivity contribution >= 4 is 40.3 Å². The van der Waals surface area contributed by atoms with Crippen LogP contribution in [0.5, 0.6) is 0 Å². The van der Waals surface area contributed by atoms with Crippen LogP contribution in [0.1, 0.15) is 44.1 Å². The number of nitrogens with two attached hydrogens (primary N) is 1. The van der Waals surface area contributed by atoms with Gasteiger partial charge in [0.1, 0.15) is 11.7 Å². The molecule has 4 rings (SSSR count). The molecule has 188 valence electrons. The number of para-hydroxylation sites is 1. The minimum atomic E-state index is -2.20. The van der Waals surface area contributed by atoms with E-state index in [4.69, 9.17) is 11.1 Å². The van der Waals surface area contributed by atoms with Gasteiger partial charge in [-0.25, -0.2) is 14.0 Å². The van der Waals surface area contributed by atoms with Crippen molar-refractivity contribution in [3.8, 4) is 11.1 Å². The molecular weight excluding hydrogens is 476 g/mol. The van der Waals surface area contributed by atoms with Gasteiger partial charge in [0.2, 0.25) is 0 Å². The van der Waals surface area contributed by atoms with E-state index >= 15 is 0 Å². The van der Waals surface area contributed by atoms with Gasteiger partial charge in [-0.2, -0.15) is 0 Å². The van der Waals surface area contributed by atoms with Crippen molar-refractivity contribution in [1.82, 2.24) is 4.98 Å². The molecule has 0 bridgehead atoms. The summed E-state index contributed by atoms with van der Waals surface area (Å²) in [6.07, 6.45) is 7.84. The maximum atomic E-state index is 13.6. The van der Waals surface area contributed by atoms with Crippen LogP contribution in [0.15, 0.2) is 66.9 Å². The summed E-state index contributed by atoms with van der Waals surface area (Å²) >= 11 is -2.20. The Morgan fingerprint density at radius 1 is 1.06 bits per heavy atom. The first-order chi connectivity index (χ1) is 17.4. The first-order valence-corrected chi connectivity index (χ1v) is 13.0. The molecule has 1 fully saturated rings. The molecule has 1 aliphatic rings. The zero-order valence-corrected chi connectivity index (χ0v) is 20.6. The van der Waals surface area contributed by atoms with Gasteiger partial charge in [-0.15, -0.1) is 0 Å². The monoisotopic (exact) mass is 506 g/mol. The molecule has 1 heterocycles. The Kier molecular flexibility index (Phi) is 8.29. The van der Waals surface area contributed by atoms with Gasteiger partial charge in [0, 0.05) is 34.6 Å². The number of urea groups is 1. The lowest BCUT2D eigenvalue weighted by atomic mass is 10.1. The van der Waals surface area contributed by atoms with E-state index in [1.54, 1.807) is 53.6 Å². The normalized spacial score (nSPS) is 14.9. The molecule has 0 aliphatic heterocycles. The fraction of sp³-hybridized carbons (Fsp3) is 0.269. The summed E-state index contributed by atoms with van der Waals surface area (Å²) in [4.78, 5) is 19.7. The number of nitrogen functional groups attached to an aromatic ring is 1. The number of aromatic nitrogens is 1. The van der Waals surface area contributed by atoms with Crippen molar-refractivity contribution in [1.29, 1.82) is 5.41 Å². The number of pyridine rings is 1. The van der Waals surface area contributed by atoms with Gasteiger partial charge in [-0.1, -0.05) is 56.0 Å². The quantitative estimate of drug-likeness (QED) is 0.127. The van der Waals surface area contributed by atoms with Crippen molar-refractivity contribution < 1.29 is 13.6 Å². The van der Waals surface area contributed by atoms with Crippen molar-refractivity contribution in [3.05, 3.63) is 72.4 Å². The zero-order chi connectivity index (χ0) is 25.5. The number of nitrogens with zero attached hydrogens (tertiary/aromatic N) is 2. The lowest BCUT2D eigenvalue weighted by Gasteiger charge is -2.31. The van der Waals surface area contributed by atoms with E-state index in [0.29, 0.717) is 28.3 Å². The lowest BCUT2D eigenvalue weighted by molar-refractivity contribution is 0.254. The van der Waals surface area contributed by atoms with Crippen LogP contribution in [0, 0.1) is 5.41 Å². The molecule has 1 saturated carbocycles. The Labute approximate surface area is 213 Å². The predicted molar refractivity (Wildman–Crippen MR) is 145 cm³/mol. The van der Waals surface area contributed by atoms with Gasteiger partial charge in [-0.3, -0.25) is 24.9 Å². The number of amides is 2.